The molecule has 7 heteroatoms. The van der Waals surface area contributed by atoms with E-state index in [1.54, 1.807) is 18.6 Å². The molecule has 1 aromatic heterocycles. The number of anilines is 1. The van der Waals surface area contributed by atoms with Gasteiger partial charge in [0, 0.05) is 24.5 Å². The van der Waals surface area contributed by atoms with Crippen LogP contribution in [0.15, 0.2) is 30.7 Å². The van der Waals surface area contributed by atoms with Crippen molar-refractivity contribution >= 4 is 23.0 Å². The van der Waals surface area contributed by atoms with E-state index in [0.29, 0.717) is 12.2 Å². The number of hydrogen-bond donors (Lipinski definition) is 1. The summed E-state index contributed by atoms with van der Waals surface area (Å²) in [6.45, 7) is 3.55. The Labute approximate surface area is 121 Å². The fourth-order valence-corrected chi connectivity index (χ4v) is 2.08. The summed E-state index contributed by atoms with van der Waals surface area (Å²) in [5.74, 6) is 0. The number of nitrogens with one attached hydrogen (secondary N) is 1. The van der Waals surface area contributed by atoms with Gasteiger partial charge < -0.3 is 9.88 Å². The monoisotopic (exact) mass is 294 g/mol. The zero-order chi connectivity index (χ0) is 14.5. The molecule has 106 valence electrons. The van der Waals surface area contributed by atoms with Gasteiger partial charge in [0.25, 0.3) is 5.69 Å². The van der Waals surface area contributed by atoms with E-state index in [1.807, 2.05) is 0 Å². The maximum Gasteiger partial charge on any atom is 0.289 e. The van der Waals surface area contributed by atoms with Crippen LogP contribution in [0.1, 0.15) is 19.0 Å². The van der Waals surface area contributed by atoms with E-state index >= 15 is 0 Å². The van der Waals surface area contributed by atoms with E-state index in [4.69, 9.17) is 11.6 Å². The summed E-state index contributed by atoms with van der Waals surface area (Å²) < 4.78 is 2.05. The molecule has 0 unspecified atom stereocenters. The van der Waals surface area contributed by atoms with E-state index in [2.05, 4.69) is 21.8 Å². The van der Waals surface area contributed by atoms with E-state index in [9.17, 15) is 10.1 Å². The Morgan fingerprint density at radius 2 is 2.30 bits per heavy atom. The van der Waals surface area contributed by atoms with Gasteiger partial charge in [0.05, 0.1) is 23.5 Å². The molecule has 1 aromatic carbocycles. The molecule has 2 rings (SSSR count). The Kier molecular flexibility index (Phi) is 4.57. The molecule has 1 heterocycles. The fraction of sp³-hybridized carbons (Fsp3) is 0.308. The number of benzene rings is 1. The third-order valence-electron chi connectivity index (χ3n) is 2.88. The molecule has 0 bridgehead atoms. The number of hydrogen-bond acceptors (Lipinski definition) is 4. The molecular weight excluding hydrogens is 280 g/mol. The molecule has 0 radical (unpaired) electrons. The van der Waals surface area contributed by atoms with Crippen molar-refractivity contribution in [2.45, 2.75) is 26.4 Å². The van der Waals surface area contributed by atoms with Crippen LogP contribution in [0.2, 0.25) is 5.02 Å². The van der Waals surface area contributed by atoms with Crippen molar-refractivity contribution in [2.75, 3.05) is 5.32 Å². The van der Waals surface area contributed by atoms with Crippen LogP contribution >= 0.6 is 11.6 Å². The number of nitro benzene ring substituents is 1. The van der Waals surface area contributed by atoms with Crippen LogP contribution in [0.3, 0.4) is 0 Å². The van der Waals surface area contributed by atoms with Crippen LogP contribution in [0.5, 0.6) is 0 Å². The van der Waals surface area contributed by atoms with Crippen molar-refractivity contribution in [3.05, 3.63) is 51.6 Å². The molecule has 0 saturated heterocycles. The molecule has 2 aromatic rings. The Morgan fingerprint density at radius 3 is 3.00 bits per heavy atom. The summed E-state index contributed by atoms with van der Waals surface area (Å²) in [7, 11) is 0. The Balaban J connectivity index is 2.09. The summed E-state index contributed by atoms with van der Waals surface area (Å²) in [6.07, 6.45) is 4.59. The van der Waals surface area contributed by atoms with Crippen LogP contribution in [0.25, 0.3) is 0 Å². The zero-order valence-electron chi connectivity index (χ0n) is 11.0. The highest BCUT2D eigenvalue weighted by Gasteiger charge is 2.12. The van der Waals surface area contributed by atoms with Crippen molar-refractivity contribution in [1.82, 2.24) is 9.55 Å². The summed E-state index contributed by atoms with van der Waals surface area (Å²) >= 11 is 5.77. The summed E-state index contributed by atoms with van der Waals surface area (Å²) in [5.41, 5.74) is 1.59. The predicted octanol–water partition coefficient (Wildman–Crippen LogP) is 3.47. The van der Waals surface area contributed by atoms with Gasteiger partial charge in [-0.1, -0.05) is 18.5 Å². The molecular formula is C13H15ClN4O2. The lowest BCUT2D eigenvalue weighted by Gasteiger charge is -2.09. The zero-order valence-corrected chi connectivity index (χ0v) is 11.8. The van der Waals surface area contributed by atoms with Gasteiger partial charge in [-0.25, -0.2) is 4.98 Å². The number of nitrogens with zero attached hydrogens (tertiary/aromatic N) is 3. The minimum Gasteiger partial charge on any atom is -0.379 e. The molecule has 0 atom stereocenters. The Bertz CT molecular complexity index is 612. The number of rotatable bonds is 6. The van der Waals surface area contributed by atoms with Gasteiger partial charge in [0.15, 0.2) is 0 Å². The van der Waals surface area contributed by atoms with Gasteiger partial charge in [-0.05, 0) is 18.6 Å². The first kappa shape index (κ1) is 14.3. The summed E-state index contributed by atoms with van der Waals surface area (Å²) in [4.78, 5) is 14.4. The first-order chi connectivity index (χ1) is 9.61. The quantitative estimate of drug-likeness (QED) is 0.654. The van der Waals surface area contributed by atoms with Crippen LogP contribution in [-0.2, 0) is 13.1 Å². The first-order valence-corrected chi connectivity index (χ1v) is 6.66. The van der Waals surface area contributed by atoms with Gasteiger partial charge in [-0.15, -0.1) is 0 Å². The SMILES string of the molecule is CCCn1cncc1CNc1ccc(Cl)c([N+](=O)[O-])c1. The first-order valence-electron chi connectivity index (χ1n) is 6.28. The fourth-order valence-electron chi connectivity index (χ4n) is 1.89. The highest BCUT2D eigenvalue weighted by molar-refractivity contribution is 6.32. The standard InChI is InChI=1S/C13H15ClN4O2/c1-2-5-17-9-15-7-11(17)8-16-10-3-4-12(14)13(6-10)18(19)20/h3-4,6-7,9,16H,2,5,8H2,1H3. The lowest BCUT2D eigenvalue weighted by atomic mass is 10.2. The maximum absolute atomic E-state index is 10.8. The molecule has 0 aliphatic carbocycles. The van der Waals surface area contributed by atoms with Crippen molar-refractivity contribution in [3.8, 4) is 0 Å². The second-order valence-corrected chi connectivity index (χ2v) is 4.76. The molecule has 0 spiro atoms. The molecule has 0 fully saturated rings. The molecule has 1 N–H and O–H groups in total. The lowest BCUT2D eigenvalue weighted by molar-refractivity contribution is -0.384. The second-order valence-electron chi connectivity index (χ2n) is 4.36. The number of imidazole rings is 1. The molecule has 0 amide bonds. The number of aryl methyl sites for hydroxylation is 1. The minimum absolute atomic E-state index is 0.0984. The smallest absolute Gasteiger partial charge is 0.289 e. The van der Waals surface area contributed by atoms with Crippen LogP contribution in [0.4, 0.5) is 11.4 Å². The summed E-state index contributed by atoms with van der Waals surface area (Å²) in [6, 6.07) is 4.67. The van der Waals surface area contributed by atoms with Gasteiger partial charge in [0.1, 0.15) is 5.02 Å². The van der Waals surface area contributed by atoms with Gasteiger partial charge in [-0.3, -0.25) is 10.1 Å². The molecule has 20 heavy (non-hydrogen) atoms. The van der Waals surface area contributed by atoms with E-state index in [0.717, 1.165) is 18.7 Å². The molecule has 0 aliphatic heterocycles. The van der Waals surface area contributed by atoms with Crippen LogP contribution in [0, 0.1) is 10.1 Å². The van der Waals surface area contributed by atoms with E-state index < -0.39 is 4.92 Å². The average Bonchev–Trinajstić information content (AvgIpc) is 2.85. The van der Waals surface area contributed by atoms with Gasteiger partial charge >= 0.3 is 0 Å². The van der Waals surface area contributed by atoms with Crippen LogP contribution < -0.4 is 5.32 Å². The van der Waals surface area contributed by atoms with Crippen molar-refractivity contribution in [1.29, 1.82) is 0 Å². The predicted molar refractivity (Wildman–Crippen MR) is 78.0 cm³/mol. The Hall–Kier alpha value is -2.08. The van der Waals surface area contributed by atoms with Crippen molar-refractivity contribution < 1.29 is 4.92 Å². The topological polar surface area (TPSA) is 73.0 Å². The third kappa shape index (κ3) is 3.27. The second kappa shape index (κ2) is 6.38. The normalized spacial score (nSPS) is 10.5. The lowest BCUT2D eigenvalue weighted by Crippen LogP contribution is -2.07. The minimum atomic E-state index is -0.491. The number of aromatic nitrogens is 2. The van der Waals surface area contributed by atoms with Gasteiger partial charge in [-0.2, -0.15) is 0 Å². The highest BCUT2D eigenvalue weighted by atomic mass is 35.5. The maximum atomic E-state index is 10.8. The third-order valence-corrected chi connectivity index (χ3v) is 3.20. The van der Waals surface area contributed by atoms with E-state index in [-0.39, 0.29) is 10.7 Å². The van der Waals surface area contributed by atoms with Gasteiger partial charge in [0.2, 0.25) is 0 Å². The van der Waals surface area contributed by atoms with Crippen LogP contribution in [-0.4, -0.2) is 14.5 Å². The van der Waals surface area contributed by atoms with E-state index in [1.165, 1.54) is 12.1 Å². The number of halogens is 1. The molecule has 0 aliphatic rings. The largest absolute Gasteiger partial charge is 0.379 e. The average molecular weight is 295 g/mol. The van der Waals surface area contributed by atoms with Crippen molar-refractivity contribution in [3.63, 3.8) is 0 Å². The summed E-state index contributed by atoms with van der Waals surface area (Å²) in [5, 5.41) is 14.1. The highest BCUT2D eigenvalue weighted by Crippen LogP contribution is 2.27. The van der Waals surface area contributed by atoms with Crippen molar-refractivity contribution in [2.24, 2.45) is 0 Å². The Morgan fingerprint density at radius 1 is 1.50 bits per heavy atom. The number of nitro groups is 1. The molecule has 0 saturated carbocycles. The molecule has 6 nitrogen and oxygen atoms in total.